The molecule has 0 unspecified atom stereocenters. The van der Waals surface area contributed by atoms with Crippen LogP contribution in [-0.2, 0) is 17.0 Å². The van der Waals surface area contributed by atoms with Gasteiger partial charge in [-0.05, 0) is 118 Å². The summed E-state index contributed by atoms with van der Waals surface area (Å²) in [6, 6.07) is 13.3. The van der Waals surface area contributed by atoms with E-state index in [1.54, 1.807) is 12.1 Å². The minimum Gasteiger partial charge on any atom is -0.410 e. The Bertz CT molecular complexity index is 1460. The van der Waals surface area contributed by atoms with Crippen LogP contribution in [0.25, 0.3) is 11.1 Å². The van der Waals surface area contributed by atoms with Crippen molar-refractivity contribution in [2.75, 3.05) is 0 Å². The number of aliphatic hydroxyl groups excluding tert-OH is 1. The largest absolute Gasteiger partial charge is 0.416 e. The summed E-state index contributed by atoms with van der Waals surface area (Å²) in [5, 5.41) is 12.0. The minimum absolute atomic E-state index is 0.0200. The molecule has 1 fully saturated rings. The molecule has 232 valence electrons. The molecule has 0 bridgehead atoms. The van der Waals surface area contributed by atoms with Crippen LogP contribution in [0.2, 0.25) is 18.1 Å². The lowest BCUT2D eigenvalue weighted by atomic mass is 9.58. The summed E-state index contributed by atoms with van der Waals surface area (Å²) in [6.45, 7) is 15.3. The van der Waals surface area contributed by atoms with Gasteiger partial charge >= 0.3 is 6.18 Å². The van der Waals surface area contributed by atoms with Crippen LogP contribution in [0.4, 0.5) is 17.6 Å². The molecule has 3 aromatic rings. The predicted octanol–water partition coefficient (Wildman–Crippen LogP) is 10.9. The van der Waals surface area contributed by atoms with E-state index >= 15 is 0 Å². The molecule has 2 aliphatic carbocycles. The molecule has 43 heavy (non-hydrogen) atoms. The van der Waals surface area contributed by atoms with Crippen LogP contribution in [0.15, 0.2) is 54.6 Å². The smallest absolute Gasteiger partial charge is 0.410 e. The summed E-state index contributed by atoms with van der Waals surface area (Å²) in [6.07, 6.45) is -0.534. The number of rotatable bonds is 6. The molecule has 7 heteroatoms. The first-order valence-electron chi connectivity index (χ1n) is 15.4. The second-order valence-electron chi connectivity index (χ2n) is 14.6. The van der Waals surface area contributed by atoms with Crippen LogP contribution >= 0.6 is 0 Å². The monoisotopic (exact) mass is 612 g/mol. The Hall–Kier alpha value is -2.48. The van der Waals surface area contributed by atoms with Crippen LogP contribution in [0.5, 0.6) is 0 Å². The van der Waals surface area contributed by atoms with E-state index in [1.165, 1.54) is 36.2 Å². The van der Waals surface area contributed by atoms with Crippen molar-refractivity contribution >= 4 is 8.32 Å². The van der Waals surface area contributed by atoms with Crippen LogP contribution in [0.3, 0.4) is 0 Å². The van der Waals surface area contributed by atoms with Gasteiger partial charge in [-0.1, -0.05) is 71.4 Å². The standard InChI is InChI=1S/C36H44F4O2Si/c1-22(2)28-19-25-20-35(17-8-18-35)21-29(42-43(6,7)34(3,4)5)30(25)31(23-11-15-27(37)16-12-23)32(28)33(41)24-9-13-26(14-10-24)36(38,39)40/h9-16,19,22,29,33,41H,8,17-18,20-21H2,1-7H3/t29-,33+/m0/s1. The van der Waals surface area contributed by atoms with Gasteiger partial charge in [0, 0.05) is 0 Å². The maximum Gasteiger partial charge on any atom is 0.416 e. The van der Waals surface area contributed by atoms with E-state index in [2.05, 4.69) is 53.8 Å². The average molecular weight is 613 g/mol. The molecule has 5 rings (SSSR count). The molecule has 0 amide bonds. The third kappa shape index (κ3) is 6.10. The zero-order chi connectivity index (χ0) is 31.5. The van der Waals surface area contributed by atoms with Gasteiger partial charge in [-0.15, -0.1) is 0 Å². The van der Waals surface area contributed by atoms with Crippen molar-refractivity contribution in [1.82, 2.24) is 0 Å². The van der Waals surface area contributed by atoms with Crippen molar-refractivity contribution < 1.29 is 27.1 Å². The van der Waals surface area contributed by atoms with E-state index in [1.807, 2.05) is 0 Å². The molecule has 2 nitrogen and oxygen atoms in total. The van der Waals surface area contributed by atoms with E-state index in [9.17, 15) is 22.7 Å². The van der Waals surface area contributed by atoms with E-state index in [4.69, 9.17) is 4.43 Å². The van der Waals surface area contributed by atoms with Gasteiger partial charge in [-0.25, -0.2) is 4.39 Å². The lowest BCUT2D eigenvalue weighted by Crippen LogP contribution is -2.45. The van der Waals surface area contributed by atoms with E-state index in [0.717, 1.165) is 60.1 Å². The van der Waals surface area contributed by atoms with Crippen molar-refractivity contribution in [3.05, 3.63) is 93.8 Å². The third-order valence-corrected chi connectivity index (χ3v) is 14.8. The fourth-order valence-corrected chi connectivity index (χ4v) is 7.96. The fraction of sp³-hybridized carbons (Fsp3) is 0.500. The Labute approximate surface area is 254 Å². The third-order valence-electron chi connectivity index (χ3n) is 10.3. The van der Waals surface area contributed by atoms with Gasteiger partial charge < -0.3 is 9.53 Å². The highest BCUT2D eigenvalue weighted by molar-refractivity contribution is 6.74. The van der Waals surface area contributed by atoms with E-state index < -0.39 is 26.2 Å². The zero-order valence-electron chi connectivity index (χ0n) is 26.3. The lowest BCUT2D eigenvalue weighted by molar-refractivity contribution is -0.137. The summed E-state index contributed by atoms with van der Waals surface area (Å²) < 4.78 is 61.6. The van der Waals surface area contributed by atoms with E-state index in [-0.39, 0.29) is 28.3 Å². The zero-order valence-corrected chi connectivity index (χ0v) is 27.3. The van der Waals surface area contributed by atoms with Crippen molar-refractivity contribution in [3.8, 4) is 11.1 Å². The Morgan fingerprint density at radius 1 is 0.953 bits per heavy atom. The van der Waals surface area contributed by atoms with Gasteiger partial charge in [-0.2, -0.15) is 13.2 Å². The fourth-order valence-electron chi connectivity index (χ4n) is 6.69. The first-order valence-corrected chi connectivity index (χ1v) is 18.3. The molecule has 0 heterocycles. The average Bonchev–Trinajstić information content (AvgIpc) is 2.90. The van der Waals surface area contributed by atoms with Crippen molar-refractivity contribution in [1.29, 1.82) is 0 Å². The normalized spacial score (nSPS) is 19.3. The molecule has 0 aromatic heterocycles. The van der Waals surface area contributed by atoms with Crippen molar-refractivity contribution in [3.63, 3.8) is 0 Å². The van der Waals surface area contributed by atoms with Crippen LogP contribution in [0, 0.1) is 11.2 Å². The summed E-state index contributed by atoms with van der Waals surface area (Å²) in [4.78, 5) is 0. The number of aliphatic hydroxyl groups is 1. The first-order chi connectivity index (χ1) is 19.9. The maximum absolute atomic E-state index is 14.2. The van der Waals surface area contributed by atoms with Crippen LogP contribution in [-0.4, -0.2) is 13.4 Å². The number of hydrogen-bond donors (Lipinski definition) is 1. The van der Waals surface area contributed by atoms with Crippen molar-refractivity contribution in [2.45, 2.75) is 109 Å². The molecule has 1 N–H and O–H groups in total. The Morgan fingerprint density at radius 2 is 1.56 bits per heavy atom. The highest BCUT2D eigenvalue weighted by Crippen LogP contribution is 2.58. The molecule has 0 saturated heterocycles. The van der Waals surface area contributed by atoms with Gasteiger partial charge in [0.25, 0.3) is 0 Å². The second-order valence-corrected chi connectivity index (χ2v) is 19.4. The molecular weight excluding hydrogens is 568 g/mol. The predicted molar refractivity (Wildman–Crippen MR) is 167 cm³/mol. The van der Waals surface area contributed by atoms with Gasteiger partial charge in [0.05, 0.1) is 11.7 Å². The minimum atomic E-state index is -4.47. The van der Waals surface area contributed by atoms with Gasteiger partial charge in [0.15, 0.2) is 8.32 Å². The lowest BCUT2D eigenvalue weighted by Gasteiger charge is -2.51. The number of benzene rings is 3. The molecule has 2 atom stereocenters. The van der Waals surface area contributed by atoms with Crippen LogP contribution in [0.1, 0.15) is 112 Å². The van der Waals surface area contributed by atoms with Gasteiger partial charge in [0.2, 0.25) is 0 Å². The van der Waals surface area contributed by atoms with Gasteiger partial charge in [-0.3, -0.25) is 0 Å². The number of alkyl halides is 3. The molecule has 0 radical (unpaired) electrons. The Morgan fingerprint density at radius 3 is 2.05 bits per heavy atom. The summed E-state index contributed by atoms with van der Waals surface area (Å²) in [5.74, 6) is -0.326. The molecule has 0 aliphatic heterocycles. The number of fused-ring (bicyclic) bond motifs is 1. The molecule has 1 spiro atoms. The SMILES string of the molecule is CC(C)c1cc2c(c(-c3ccc(F)cc3)c1[C@H](O)c1ccc(C(F)(F)F)cc1)[C@@H](O[Si](C)(C)C(C)(C)C)CC1(CCC1)C2. The number of hydrogen-bond acceptors (Lipinski definition) is 2. The summed E-state index contributed by atoms with van der Waals surface area (Å²) in [5.41, 5.74) is 5.27. The Kier molecular flexibility index (Phi) is 8.28. The van der Waals surface area contributed by atoms with Crippen LogP contribution < -0.4 is 0 Å². The highest BCUT2D eigenvalue weighted by atomic mass is 28.4. The van der Waals surface area contributed by atoms with Gasteiger partial charge in [0.1, 0.15) is 11.9 Å². The quantitative estimate of drug-likeness (QED) is 0.222. The topological polar surface area (TPSA) is 29.5 Å². The van der Waals surface area contributed by atoms with Crippen molar-refractivity contribution in [2.24, 2.45) is 5.41 Å². The number of halogens is 4. The van der Waals surface area contributed by atoms with E-state index in [0.29, 0.717) is 11.1 Å². The molecular formula is C36H44F4O2Si. The highest BCUT2D eigenvalue weighted by Gasteiger charge is 2.48. The maximum atomic E-state index is 14.2. The summed E-state index contributed by atoms with van der Waals surface area (Å²) in [7, 11) is -2.24. The summed E-state index contributed by atoms with van der Waals surface area (Å²) >= 11 is 0. The molecule has 2 aliphatic rings. The molecule has 1 saturated carbocycles. The molecule has 3 aromatic carbocycles. The second kappa shape index (κ2) is 11.1. The first kappa shape index (κ1) is 31.9. The Balaban J connectivity index is 1.79.